The summed E-state index contributed by atoms with van der Waals surface area (Å²) in [5.41, 5.74) is 2.77. The summed E-state index contributed by atoms with van der Waals surface area (Å²) in [6, 6.07) is 8.15. The maximum absolute atomic E-state index is 5.60. The fourth-order valence-corrected chi connectivity index (χ4v) is 3.07. The highest BCUT2D eigenvalue weighted by Crippen LogP contribution is 2.23. The molecule has 2 heterocycles. The summed E-state index contributed by atoms with van der Waals surface area (Å²) in [5.74, 6) is 0. The topological polar surface area (TPSA) is 9.86 Å². The molecule has 0 saturated heterocycles. The van der Waals surface area contributed by atoms with Crippen LogP contribution in [0.3, 0.4) is 0 Å². The van der Waals surface area contributed by atoms with Crippen molar-refractivity contribution >= 4 is 35.2 Å². The molecule has 0 fully saturated rings. The summed E-state index contributed by atoms with van der Waals surface area (Å²) >= 11 is 11.2. The van der Waals surface area contributed by atoms with Gasteiger partial charge in [0.2, 0.25) is 0 Å². The number of hydrogen-bond acceptors (Lipinski definition) is 2. The van der Waals surface area contributed by atoms with Gasteiger partial charge in [-0.1, -0.05) is 59.8 Å². The maximum Gasteiger partial charge on any atom is 0.128 e. The van der Waals surface area contributed by atoms with Crippen molar-refractivity contribution in [2.24, 2.45) is 0 Å². The van der Waals surface area contributed by atoms with Gasteiger partial charge in [-0.05, 0) is 13.8 Å². The maximum atomic E-state index is 5.60. The highest BCUT2D eigenvalue weighted by molar-refractivity contribution is 7.72. The average Bonchev–Trinajstić information content (AvgIpc) is 2.38. The van der Waals surface area contributed by atoms with E-state index in [0.717, 1.165) is 33.1 Å². The van der Waals surface area contributed by atoms with E-state index in [1.165, 1.54) is 11.1 Å². The van der Waals surface area contributed by atoms with E-state index < -0.39 is 0 Å². The predicted octanol–water partition coefficient (Wildman–Crippen LogP) is 4.25. The number of nitrogens with zero attached hydrogens (tertiary/aromatic N) is 2. The van der Waals surface area contributed by atoms with E-state index in [2.05, 4.69) is 35.3 Å². The third-order valence-electron chi connectivity index (χ3n) is 3.65. The van der Waals surface area contributed by atoms with Gasteiger partial charge < -0.3 is 0 Å². The Morgan fingerprint density at radius 2 is 1.22 bits per heavy atom. The minimum Gasteiger partial charge on any atom is -0.269 e. The zero-order chi connectivity index (χ0) is 12.9. The van der Waals surface area contributed by atoms with Gasteiger partial charge in [-0.25, -0.2) is 0 Å². The minimum atomic E-state index is 0.846. The standard InChI is InChI=1S/C14H14N2S2/c1-9-7-15-13(17)11-5-3-4-6-12(11)14(18)16(15)8-10(9)2/h3-6H,7-8H2,1-2H3. The molecule has 0 spiro atoms. The van der Waals surface area contributed by atoms with Crippen molar-refractivity contribution in [1.82, 2.24) is 9.36 Å². The number of hydrogen-bond donors (Lipinski definition) is 0. The Morgan fingerprint density at radius 3 is 1.61 bits per heavy atom. The Hall–Kier alpha value is -1.26. The van der Waals surface area contributed by atoms with Crippen LogP contribution in [0.2, 0.25) is 0 Å². The van der Waals surface area contributed by atoms with E-state index in [4.69, 9.17) is 24.4 Å². The Kier molecular flexibility index (Phi) is 2.72. The molecule has 0 N–H and O–H groups in total. The summed E-state index contributed by atoms with van der Waals surface area (Å²) in [5, 5.41) is 2.17. The normalized spacial score (nSPS) is 15.0. The molecule has 1 aromatic heterocycles. The first-order chi connectivity index (χ1) is 8.59. The van der Waals surface area contributed by atoms with Crippen molar-refractivity contribution in [2.45, 2.75) is 26.9 Å². The molecule has 0 amide bonds. The first-order valence-corrected chi connectivity index (χ1v) is 6.79. The zero-order valence-electron chi connectivity index (χ0n) is 10.4. The first-order valence-electron chi connectivity index (χ1n) is 5.97. The summed E-state index contributed by atoms with van der Waals surface area (Å²) in [7, 11) is 0. The molecule has 1 aliphatic heterocycles. The van der Waals surface area contributed by atoms with Gasteiger partial charge in [0.05, 0.1) is 13.1 Å². The van der Waals surface area contributed by atoms with E-state index >= 15 is 0 Å². The van der Waals surface area contributed by atoms with Crippen LogP contribution in [0.25, 0.3) is 10.8 Å². The second kappa shape index (κ2) is 4.14. The van der Waals surface area contributed by atoms with E-state index in [1.807, 2.05) is 12.1 Å². The molecule has 92 valence electrons. The number of benzene rings is 1. The third-order valence-corrected chi connectivity index (χ3v) is 4.51. The van der Waals surface area contributed by atoms with Crippen LogP contribution in [0.5, 0.6) is 0 Å². The molecule has 0 radical (unpaired) electrons. The largest absolute Gasteiger partial charge is 0.269 e. The van der Waals surface area contributed by atoms with Crippen LogP contribution in [0.15, 0.2) is 35.4 Å². The Morgan fingerprint density at radius 1 is 0.833 bits per heavy atom. The second-order valence-corrected chi connectivity index (χ2v) is 5.61. The second-order valence-electron chi connectivity index (χ2n) is 4.83. The van der Waals surface area contributed by atoms with Crippen LogP contribution >= 0.6 is 24.4 Å². The van der Waals surface area contributed by atoms with Crippen LogP contribution in [0.1, 0.15) is 13.8 Å². The molecule has 0 bridgehead atoms. The van der Waals surface area contributed by atoms with Crippen LogP contribution < -0.4 is 0 Å². The molecule has 0 saturated carbocycles. The van der Waals surface area contributed by atoms with Gasteiger partial charge in [-0.3, -0.25) is 9.36 Å². The van der Waals surface area contributed by atoms with E-state index in [9.17, 15) is 0 Å². The van der Waals surface area contributed by atoms with Gasteiger partial charge >= 0.3 is 0 Å². The smallest absolute Gasteiger partial charge is 0.128 e. The van der Waals surface area contributed by atoms with Crippen molar-refractivity contribution in [1.29, 1.82) is 0 Å². The molecule has 1 aliphatic rings. The van der Waals surface area contributed by atoms with E-state index in [0.29, 0.717) is 0 Å². The lowest BCUT2D eigenvalue weighted by molar-refractivity contribution is 0.452. The fraction of sp³-hybridized carbons (Fsp3) is 0.286. The summed E-state index contributed by atoms with van der Waals surface area (Å²) in [4.78, 5) is 0. The van der Waals surface area contributed by atoms with E-state index in [1.54, 1.807) is 0 Å². The van der Waals surface area contributed by atoms with Gasteiger partial charge in [-0.2, -0.15) is 0 Å². The van der Waals surface area contributed by atoms with Gasteiger partial charge in [0.25, 0.3) is 0 Å². The Balaban J connectivity index is 2.46. The van der Waals surface area contributed by atoms with Crippen LogP contribution in [0, 0.1) is 9.28 Å². The number of rotatable bonds is 0. The predicted molar refractivity (Wildman–Crippen MR) is 80.0 cm³/mol. The minimum absolute atomic E-state index is 0.846. The van der Waals surface area contributed by atoms with Gasteiger partial charge in [0.15, 0.2) is 0 Å². The van der Waals surface area contributed by atoms with Crippen LogP contribution in [-0.2, 0) is 13.1 Å². The molecule has 3 rings (SSSR count). The quantitative estimate of drug-likeness (QED) is 0.525. The van der Waals surface area contributed by atoms with Crippen LogP contribution in [-0.4, -0.2) is 9.36 Å². The molecule has 18 heavy (non-hydrogen) atoms. The summed E-state index contributed by atoms with van der Waals surface area (Å²) in [6.45, 7) is 6.02. The van der Waals surface area contributed by atoms with Crippen LogP contribution in [0.4, 0.5) is 0 Å². The monoisotopic (exact) mass is 274 g/mol. The SMILES string of the molecule is CC1=C(C)Cn2c(=S)c3ccccc3c(=S)n2C1. The molecule has 0 unspecified atom stereocenters. The van der Waals surface area contributed by atoms with Crippen molar-refractivity contribution < 1.29 is 0 Å². The Labute approximate surface area is 116 Å². The number of fused-ring (bicyclic) bond motifs is 2. The fourth-order valence-electron chi connectivity index (χ4n) is 2.39. The highest BCUT2D eigenvalue weighted by atomic mass is 32.1. The average molecular weight is 274 g/mol. The third kappa shape index (κ3) is 1.60. The number of allylic oxidation sites excluding steroid dienone is 2. The molecule has 0 atom stereocenters. The molecule has 4 heteroatoms. The molecule has 0 aliphatic carbocycles. The first kappa shape index (κ1) is 11.8. The lowest BCUT2D eigenvalue weighted by Gasteiger charge is -2.25. The number of aromatic nitrogens is 2. The van der Waals surface area contributed by atoms with Crippen molar-refractivity contribution in [3.63, 3.8) is 0 Å². The van der Waals surface area contributed by atoms with Crippen molar-refractivity contribution in [3.05, 3.63) is 44.7 Å². The van der Waals surface area contributed by atoms with Crippen molar-refractivity contribution in [3.8, 4) is 0 Å². The lowest BCUT2D eigenvalue weighted by atomic mass is 10.1. The lowest BCUT2D eigenvalue weighted by Crippen LogP contribution is -2.25. The van der Waals surface area contributed by atoms with Gasteiger partial charge in [0.1, 0.15) is 9.28 Å². The zero-order valence-corrected chi connectivity index (χ0v) is 12.1. The van der Waals surface area contributed by atoms with E-state index in [-0.39, 0.29) is 0 Å². The molecule has 2 nitrogen and oxygen atoms in total. The molecule has 2 aromatic rings. The van der Waals surface area contributed by atoms with Crippen molar-refractivity contribution in [2.75, 3.05) is 0 Å². The highest BCUT2D eigenvalue weighted by Gasteiger charge is 2.14. The summed E-state index contributed by atoms with van der Waals surface area (Å²) < 4.78 is 6.02. The molecule has 1 aromatic carbocycles. The summed E-state index contributed by atoms with van der Waals surface area (Å²) in [6.07, 6.45) is 0. The Bertz CT molecular complexity index is 727. The van der Waals surface area contributed by atoms with Gasteiger partial charge in [0, 0.05) is 10.8 Å². The molecular formula is C14H14N2S2. The van der Waals surface area contributed by atoms with Gasteiger partial charge in [-0.15, -0.1) is 0 Å². The molecular weight excluding hydrogens is 260 g/mol.